The van der Waals surface area contributed by atoms with Gasteiger partial charge in [0.2, 0.25) is 5.91 Å². The topological polar surface area (TPSA) is 48.0 Å². The van der Waals surface area contributed by atoms with Crippen molar-refractivity contribution in [3.63, 3.8) is 0 Å². The molecule has 0 atom stereocenters. The average molecular weight is 378 g/mol. The molecule has 5 nitrogen and oxygen atoms in total. The van der Waals surface area contributed by atoms with E-state index in [1.54, 1.807) is 50.4 Å². The van der Waals surface area contributed by atoms with Crippen LogP contribution in [0.2, 0.25) is 5.02 Å². The van der Waals surface area contributed by atoms with Crippen LogP contribution in [0.25, 0.3) is 0 Å². The summed E-state index contributed by atoms with van der Waals surface area (Å²) in [7, 11) is 5.01. The van der Waals surface area contributed by atoms with Gasteiger partial charge in [0.1, 0.15) is 23.9 Å². The molecule has 0 heterocycles. The molecule has 0 saturated heterocycles. The van der Waals surface area contributed by atoms with Crippen LogP contribution in [-0.2, 0) is 11.2 Å². The number of carbonyl (C=O) groups excluding carboxylic acids is 1. The molecule has 0 saturated carbocycles. The summed E-state index contributed by atoms with van der Waals surface area (Å²) in [6.07, 6.45) is 0.975. The van der Waals surface area contributed by atoms with Gasteiger partial charge in [-0.1, -0.05) is 11.6 Å². The highest BCUT2D eigenvalue weighted by molar-refractivity contribution is 6.30. The number of carbonyl (C=O) groups is 1. The molecule has 0 unspecified atom stereocenters. The van der Waals surface area contributed by atoms with Crippen molar-refractivity contribution in [2.45, 2.75) is 12.8 Å². The Bertz CT molecular complexity index is 718. The molecule has 0 N–H and O–H groups in total. The third-order valence-corrected chi connectivity index (χ3v) is 4.28. The van der Waals surface area contributed by atoms with Gasteiger partial charge in [0.15, 0.2) is 0 Å². The smallest absolute Gasteiger partial charge is 0.222 e. The summed E-state index contributed by atoms with van der Waals surface area (Å²) in [6, 6.07) is 12.7. The maximum absolute atomic E-state index is 12.3. The first-order valence-electron chi connectivity index (χ1n) is 8.36. The first-order chi connectivity index (χ1) is 12.5. The fourth-order valence-corrected chi connectivity index (χ4v) is 2.59. The van der Waals surface area contributed by atoms with Crippen molar-refractivity contribution in [1.29, 1.82) is 0 Å². The summed E-state index contributed by atoms with van der Waals surface area (Å²) in [5.74, 6) is 2.29. The van der Waals surface area contributed by atoms with Crippen LogP contribution < -0.4 is 14.2 Å². The number of ether oxygens (including phenoxy) is 3. The zero-order valence-corrected chi connectivity index (χ0v) is 16.1. The van der Waals surface area contributed by atoms with Crippen molar-refractivity contribution < 1.29 is 19.0 Å². The lowest BCUT2D eigenvalue weighted by Gasteiger charge is -2.18. The van der Waals surface area contributed by atoms with Crippen LogP contribution in [0.3, 0.4) is 0 Å². The molecule has 0 aliphatic carbocycles. The summed E-state index contributed by atoms with van der Waals surface area (Å²) in [5, 5.41) is 0.664. The van der Waals surface area contributed by atoms with E-state index in [1.165, 1.54) is 0 Å². The minimum atomic E-state index is 0.0505. The van der Waals surface area contributed by atoms with Gasteiger partial charge in [0.25, 0.3) is 0 Å². The maximum atomic E-state index is 12.3. The summed E-state index contributed by atoms with van der Waals surface area (Å²) in [4.78, 5) is 14.0. The first kappa shape index (κ1) is 19.9. The molecular weight excluding hydrogens is 354 g/mol. The van der Waals surface area contributed by atoms with Crippen molar-refractivity contribution in [2.24, 2.45) is 0 Å². The number of rotatable bonds is 9. The Hall–Kier alpha value is -2.40. The van der Waals surface area contributed by atoms with E-state index in [1.807, 2.05) is 18.2 Å². The number of halogens is 1. The molecule has 0 aliphatic rings. The Morgan fingerprint density at radius 1 is 1.04 bits per heavy atom. The largest absolute Gasteiger partial charge is 0.497 e. The van der Waals surface area contributed by atoms with Gasteiger partial charge in [-0.25, -0.2) is 0 Å². The van der Waals surface area contributed by atoms with E-state index in [0.29, 0.717) is 31.0 Å². The van der Waals surface area contributed by atoms with Gasteiger partial charge in [0, 0.05) is 18.5 Å². The molecule has 0 radical (unpaired) electrons. The Kier molecular flexibility index (Phi) is 7.60. The average Bonchev–Trinajstić information content (AvgIpc) is 2.67. The lowest BCUT2D eigenvalue weighted by Crippen LogP contribution is -2.31. The highest BCUT2D eigenvalue weighted by atomic mass is 35.5. The van der Waals surface area contributed by atoms with Gasteiger partial charge in [-0.2, -0.15) is 0 Å². The number of aryl methyl sites for hydroxylation is 1. The molecule has 140 valence electrons. The highest BCUT2D eigenvalue weighted by Gasteiger charge is 2.12. The minimum Gasteiger partial charge on any atom is -0.497 e. The van der Waals surface area contributed by atoms with Crippen LogP contribution in [0.5, 0.6) is 17.2 Å². The van der Waals surface area contributed by atoms with E-state index >= 15 is 0 Å². The van der Waals surface area contributed by atoms with Gasteiger partial charge in [-0.3, -0.25) is 4.79 Å². The van der Waals surface area contributed by atoms with Crippen LogP contribution in [-0.4, -0.2) is 45.2 Å². The summed E-state index contributed by atoms with van der Waals surface area (Å²) in [5.41, 5.74) is 0.950. The van der Waals surface area contributed by atoms with Crippen LogP contribution in [0.1, 0.15) is 12.0 Å². The zero-order valence-electron chi connectivity index (χ0n) is 15.3. The Morgan fingerprint density at radius 3 is 2.38 bits per heavy atom. The van der Waals surface area contributed by atoms with Crippen molar-refractivity contribution in [2.75, 3.05) is 34.4 Å². The second-order valence-corrected chi connectivity index (χ2v) is 6.23. The first-order valence-corrected chi connectivity index (χ1v) is 8.74. The molecule has 2 aromatic rings. The van der Waals surface area contributed by atoms with E-state index in [-0.39, 0.29) is 5.91 Å². The van der Waals surface area contributed by atoms with Gasteiger partial charge < -0.3 is 19.1 Å². The van der Waals surface area contributed by atoms with Gasteiger partial charge >= 0.3 is 0 Å². The van der Waals surface area contributed by atoms with Crippen molar-refractivity contribution in [3.05, 3.63) is 53.1 Å². The predicted molar refractivity (Wildman–Crippen MR) is 102 cm³/mol. The highest BCUT2D eigenvalue weighted by Crippen LogP contribution is 2.25. The predicted octanol–water partition coefficient (Wildman–Crippen LogP) is 3.83. The molecule has 0 aliphatic heterocycles. The maximum Gasteiger partial charge on any atom is 0.222 e. The Labute approximate surface area is 159 Å². The monoisotopic (exact) mass is 377 g/mol. The second kappa shape index (κ2) is 9.92. The number of hydrogen-bond acceptors (Lipinski definition) is 4. The molecular formula is C20H24ClNO4. The molecule has 0 spiro atoms. The molecule has 0 fully saturated rings. The van der Waals surface area contributed by atoms with Crippen molar-refractivity contribution in [1.82, 2.24) is 4.90 Å². The van der Waals surface area contributed by atoms with Crippen molar-refractivity contribution >= 4 is 17.5 Å². The molecule has 1 amide bonds. The van der Waals surface area contributed by atoms with E-state index in [0.717, 1.165) is 22.8 Å². The summed E-state index contributed by atoms with van der Waals surface area (Å²) < 4.78 is 16.2. The quantitative estimate of drug-likeness (QED) is 0.666. The van der Waals surface area contributed by atoms with Crippen LogP contribution in [0, 0.1) is 0 Å². The number of likely N-dealkylation sites (N-methyl/N-ethyl adjacent to an activating group) is 1. The SMILES string of the molecule is COc1ccc(OC)c(CCC(=O)N(C)CCOc2ccc(Cl)cc2)c1. The third-order valence-electron chi connectivity index (χ3n) is 4.03. The standard InChI is InChI=1S/C20H24ClNO4/c1-22(12-13-26-17-7-5-16(21)6-8-17)20(23)11-4-15-14-18(24-2)9-10-19(15)25-3/h5-10,14H,4,11-13H2,1-3H3. The van der Waals surface area contributed by atoms with E-state index in [9.17, 15) is 4.79 Å². The minimum absolute atomic E-state index is 0.0505. The summed E-state index contributed by atoms with van der Waals surface area (Å²) in [6.45, 7) is 0.934. The van der Waals surface area contributed by atoms with Gasteiger partial charge in [-0.15, -0.1) is 0 Å². The molecule has 0 aromatic heterocycles. The molecule has 26 heavy (non-hydrogen) atoms. The van der Waals surface area contributed by atoms with Crippen molar-refractivity contribution in [3.8, 4) is 17.2 Å². The number of nitrogens with zero attached hydrogens (tertiary/aromatic N) is 1. The van der Waals surface area contributed by atoms with Crippen LogP contribution in [0.15, 0.2) is 42.5 Å². The Morgan fingerprint density at radius 2 is 1.73 bits per heavy atom. The third kappa shape index (κ3) is 5.85. The van der Waals surface area contributed by atoms with E-state index in [2.05, 4.69) is 0 Å². The number of hydrogen-bond donors (Lipinski definition) is 0. The number of methoxy groups -OCH3 is 2. The van der Waals surface area contributed by atoms with Crippen LogP contribution >= 0.6 is 11.6 Å². The zero-order chi connectivity index (χ0) is 18.9. The fraction of sp³-hybridized carbons (Fsp3) is 0.350. The molecule has 6 heteroatoms. The fourth-order valence-electron chi connectivity index (χ4n) is 2.47. The summed E-state index contributed by atoms with van der Waals surface area (Å²) >= 11 is 5.84. The molecule has 2 rings (SSSR count). The molecule has 0 bridgehead atoms. The second-order valence-electron chi connectivity index (χ2n) is 5.80. The number of amides is 1. The van der Waals surface area contributed by atoms with Gasteiger partial charge in [-0.05, 0) is 54.4 Å². The number of benzene rings is 2. The molecule has 2 aromatic carbocycles. The lowest BCUT2D eigenvalue weighted by atomic mass is 10.1. The Balaban J connectivity index is 1.80. The van der Waals surface area contributed by atoms with Gasteiger partial charge in [0.05, 0.1) is 20.8 Å². The van der Waals surface area contributed by atoms with Crippen LogP contribution in [0.4, 0.5) is 0 Å². The van der Waals surface area contributed by atoms with E-state index in [4.69, 9.17) is 25.8 Å². The van der Waals surface area contributed by atoms with E-state index < -0.39 is 0 Å². The normalized spacial score (nSPS) is 10.3. The lowest BCUT2D eigenvalue weighted by molar-refractivity contribution is -0.130.